The molecule has 1 aliphatic heterocycles. The number of ether oxygens (including phenoxy) is 1. The van der Waals surface area contributed by atoms with Gasteiger partial charge in [0.2, 0.25) is 0 Å². The molecule has 2 N–H and O–H groups in total. The number of nitrogens with one attached hydrogen (secondary N) is 2. The fraction of sp³-hybridized carbons (Fsp3) is 0.941. The van der Waals surface area contributed by atoms with E-state index < -0.39 is 0 Å². The Balaban J connectivity index is 2.07. The zero-order valence-electron chi connectivity index (χ0n) is 14.9. The number of nitrogens with zero attached hydrogens (tertiary/aromatic N) is 2. The molecule has 22 heavy (non-hydrogen) atoms. The molecular weight excluding hydrogens is 276 g/mol. The fourth-order valence-corrected chi connectivity index (χ4v) is 2.53. The Labute approximate surface area is 136 Å². The summed E-state index contributed by atoms with van der Waals surface area (Å²) >= 11 is 0. The maximum atomic E-state index is 5.58. The van der Waals surface area contributed by atoms with Gasteiger partial charge in [0.1, 0.15) is 0 Å². The second kappa shape index (κ2) is 12.7. The summed E-state index contributed by atoms with van der Waals surface area (Å²) in [6.07, 6.45) is 4.91. The normalized spacial score (nSPS) is 16.5. The maximum absolute atomic E-state index is 5.58. The topological polar surface area (TPSA) is 48.9 Å². The lowest BCUT2D eigenvalue weighted by Gasteiger charge is -2.15. The second-order valence-electron chi connectivity index (χ2n) is 6.41. The Hall–Kier alpha value is -0.810. The maximum Gasteiger partial charge on any atom is 0.191 e. The van der Waals surface area contributed by atoms with Gasteiger partial charge in [0, 0.05) is 32.8 Å². The van der Waals surface area contributed by atoms with Crippen molar-refractivity contribution >= 4 is 5.96 Å². The number of rotatable bonds is 11. The lowest BCUT2D eigenvalue weighted by atomic mass is 10.2. The third-order valence-corrected chi connectivity index (χ3v) is 3.65. The molecule has 0 aromatic heterocycles. The molecule has 5 heteroatoms. The zero-order valence-corrected chi connectivity index (χ0v) is 14.9. The van der Waals surface area contributed by atoms with Gasteiger partial charge in [-0.15, -0.1) is 0 Å². The number of aliphatic imine (C=N–C) groups is 1. The van der Waals surface area contributed by atoms with E-state index >= 15 is 0 Å². The summed E-state index contributed by atoms with van der Waals surface area (Å²) < 4.78 is 5.58. The van der Waals surface area contributed by atoms with Crippen LogP contribution in [0.4, 0.5) is 0 Å². The molecule has 0 aliphatic carbocycles. The summed E-state index contributed by atoms with van der Waals surface area (Å²) in [6, 6.07) is 0. The molecule has 0 bridgehead atoms. The predicted molar refractivity (Wildman–Crippen MR) is 94.5 cm³/mol. The first kappa shape index (κ1) is 19.2. The van der Waals surface area contributed by atoms with Gasteiger partial charge in [0.25, 0.3) is 0 Å². The summed E-state index contributed by atoms with van der Waals surface area (Å²) in [5, 5.41) is 6.73. The third-order valence-electron chi connectivity index (χ3n) is 3.65. The van der Waals surface area contributed by atoms with Crippen LogP contribution in [0.5, 0.6) is 0 Å². The van der Waals surface area contributed by atoms with Gasteiger partial charge in [0.05, 0.1) is 0 Å². The highest BCUT2D eigenvalue weighted by Crippen LogP contribution is 2.06. The van der Waals surface area contributed by atoms with E-state index in [1.807, 2.05) is 0 Å². The lowest BCUT2D eigenvalue weighted by Crippen LogP contribution is -2.38. The second-order valence-corrected chi connectivity index (χ2v) is 6.41. The molecule has 0 aromatic rings. The highest BCUT2D eigenvalue weighted by molar-refractivity contribution is 5.79. The Bertz CT molecular complexity index is 288. The molecule has 1 aliphatic rings. The average Bonchev–Trinajstić information content (AvgIpc) is 3.00. The third kappa shape index (κ3) is 10.0. The summed E-state index contributed by atoms with van der Waals surface area (Å²) in [7, 11) is 0. The van der Waals surface area contributed by atoms with Crippen molar-refractivity contribution in [3.8, 4) is 0 Å². The molecule has 1 saturated heterocycles. The van der Waals surface area contributed by atoms with Crippen molar-refractivity contribution in [1.29, 1.82) is 0 Å². The van der Waals surface area contributed by atoms with Gasteiger partial charge in [-0.2, -0.15) is 0 Å². The Morgan fingerprint density at radius 3 is 2.64 bits per heavy atom. The molecule has 0 spiro atoms. The van der Waals surface area contributed by atoms with E-state index in [1.165, 1.54) is 38.9 Å². The van der Waals surface area contributed by atoms with Gasteiger partial charge in [-0.1, -0.05) is 13.8 Å². The number of guanidine groups is 1. The van der Waals surface area contributed by atoms with E-state index in [2.05, 4.69) is 41.3 Å². The molecule has 0 radical (unpaired) electrons. The van der Waals surface area contributed by atoms with Crippen LogP contribution in [-0.4, -0.2) is 63.3 Å². The highest BCUT2D eigenvalue weighted by Gasteiger charge is 2.10. The molecule has 5 nitrogen and oxygen atoms in total. The van der Waals surface area contributed by atoms with E-state index in [4.69, 9.17) is 4.74 Å². The van der Waals surface area contributed by atoms with Crippen molar-refractivity contribution in [3.63, 3.8) is 0 Å². The van der Waals surface area contributed by atoms with Crippen LogP contribution in [0.25, 0.3) is 0 Å². The Morgan fingerprint density at radius 2 is 1.95 bits per heavy atom. The van der Waals surface area contributed by atoms with Crippen molar-refractivity contribution in [2.45, 2.75) is 46.5 Å². The van der Waals surface area contributed by atoms with Crippen molar-refractivity contribution < 1.29 is 4.74 Å². The van der Waals surface area contributed by atoms with Gasteiger partial charge >= 0.3 is 0 Å². The highest BCUT2D eigenvalue weighted by atomic mass is 16.5. The Morgan fingerprint density at radius 1 is 1.18 bits per heavy atom. The Kier molecular flexibility index (Phi) is 11.1. The molecule has 0 unspecified atom stereocenters. The molecule has 0 amide bonds. The minimum Gasteiger partial charge on any atom is -0.381 e. The molecule has 130 valence electrons. The van der Waals surface area contributed by atoms with Crippen LogP contribution in [0, 0.1) is 5.92 Å². The molecule has 0 aromatic carbocycles. The standard InChI is InChI=1S/C17H36N4O/c1-4-18-17(20-10-8-14-22-15-16(2)3)19-9-7-13-21-11-5-6-12-21/h16H,4-15H2,1-3H3,(H2,18,19,20). The molecule has 0 saturated carbocycles. The molecular formula is C17H36N4O. The average molecular weight is 313 g/mol. The SMILES string of the molecule is CCNC(=NCCCOCC(C)C)NCCCN1CCCC1. The van der Waals surface area contributed by atoms with Crippen molar-refractivity contribution in [1.82, 2.24) is 15.5 Å². The predicted octanol–water partition coefficient (Wildman–Crippen LogP) is 2.09. The number of likely N-dealkylation sites (tertiary alicyclic amines) is 1. The van der Waals surface area contributed by atoms with E-state index in [1.54, 1.807) is 0 Å². The van der Waals surface area contributed by atoms with E-state index in [9.17, 15) is 0 Å². The quantitative estimate of drug-likeness (QED) is 0.348. The first-order chi connectivity index (χ1) is 10.7. The monoisotopic (exact) mass is 312 g/mol. The van der Waals surface area contributed by atoms with Crippen molar-refractivity contribution in [2.24, 2.45) is 10.9 Å². The van der Waals surface area contributed by atoms with Crippen molar-refractivity contribution in [3.05, 3.63) is 0 Å². The van der Waals surface area contributed by atoms with Crippen LogP contribution in [0.3, 0.4) is 0 Å². The van der Waals surface area contributed by atoms with Gasteiger partial charge in [0.15, 0.2) is 5.96 Å². The minimum atomic E-state index is 0.609. The largest absolute Gasteiger partial charge is 0.381 e. The smallest absolute Gasteiger partial charge is 0.191 e. The van der Waals surface area contributed by atoms with Crippen molar-refractivity contribution in [2.75, 3.05) is 52.5 Å². The molecule has 1 fully saturated rings. The first-order valence-corrected chi connectivity index (χ1v) is 9.04. The van der Waals surface area contributed by atoms with Gasteiger partial charge in [-0.05, 0) is 58.2 Å². The van der Waals surface area contributed by atoms with Crippen LogP contribution in [0.1, 0.15) is 46.5 Å². The fourth-order valence-electron chi connectivity index (χ4n) is 2.53. The van der Waals surface area contributed by atoms with Gasteiger partial charge in [-0.25, -0.2) is 0 Å². The van der Waals surface area contributed by atoms with Gasteiger partial charge < -0.3 is 20.3 Å². The molecule has 0 atom stereocenters. The van der Waals surface area contributed by atoms with E-state index in [0.29, 0.717) is 5.92 Å². The number of hydrogen-bond donors (Lipinski definition) is 2. The molecule has 1 rings (SSSR count). The van der Waals surface area contributed by atoms with Crippen LogP contribution in [0.15, 0.2) is 4.99 Å². The number of hydrogen-bond acceptors (Lipinski definition) is 3. The summed E-state index contributed by atoms with van der Waals surface area (Å²) in [5.74, 6) is 1.55. The summed E-state index contributed by atoms with van der Waals surface area (Å²) in [6.45, 7) is 14.6. The van der Waals surface area contributed by atoms with Crippen LogP contribution >= 0.6 is 0 Å². The summed E-state index contributed by atoms with van der Waals surface area (Å²) in [5.41, 5.74) is 0. The first-order valence-electron chi connectivity index (χ1n) is 9.04. The van der Waals surface area contributed by atoms with E-state index in [0.717, 1.165) is 45.2 Å². The lowest BCUT2D eigenvalue weighted by molar-refractivity contribution is 0.109. The summed E-state index contributed by atoms with van der Waals surface area (Å²) in [4.78, 5) is 7.15. The zero-order chi connectivity index (χ0) is 16.0. The van der Waals surface area contributed by atoms with Crippen LogP contribution < -0.4 is 10.6 Å². The van der Waals surface area contributed by atoms with Gasteiger partial charge in [-0.3, -0.25) is 4.99 Å². The molecule has 1 heterocycles. The minimum absolute atomic E-state index is 0.609. The van der Waals surface area contributed by atoms with E-state index in [-0.39, 0.29) is 0 Å². The van der Waals surface area contributed by atoms with Crippen LogP contribution in [0.2, 0.25) is 0 Å². The van der Waals surface area contributed by atoms with Crippen LogP contribution in [-0.2, 0) is 4.74 Å².